The van der Waals surface area contributed by atoms with Gasteiger partial charge in [-0.15, -0.1) is 0 Å². The number of phenols is 1. The van der Waals surface area contributed by atoms with Crippen LogP contribution in [-0.2, 0) is 12.7 Å². The first-order valence-electron chi connectivity index (χ1n) is 9.37. The number of benzene rings is 1. The molecule has 1 aromatic heterocycles. The van der Waals surface area contributed by atoms with Crippen molar-refractivity contribution in [1.29, 1.82) is 0 Å². The molecule has 1 aliphatic rings. The lowest BCUT2D eigenvalue weighted by atomic mass is 9.98. The first-order valence-corrected chi connectivity index (χ1v) is 9.75. The molecule has 30 heavy (non-hydrogen) atoms. The third kappa shape index (κ3) is 5.24. The summed E-state index contributed by atoms with van der Waals surface area (Å²) in [6.45, 7) is 2.53. The highest BCUT2D eigenvalue weighted by Crippen LogP contribution is 2.35. The van der Waals surface area contributed by atoms with Crippen molar-refractivity contribution < 1.29 is 23.1 Å². The summed E-state index contributed by atoms with van der Waals surface area (Å²) in [6, 6.07) is 4.49. The fraction of sp³-hybridized carbons (Fsp3) is 0.333. The first-order chi connectivity index (χ1) is 14.1. The number of hydrogen-bond acceptors (Lipinski definition) is 4. The number of rotatable bonds is 4. The van der Waals surface area contributed by atoms with Crippen LogP contribution in [0.25, 0.3) is 0 Å². The zero-order valence-electron chi connectivity index (χ0n) is 16.2. The van der Waals surface area contributed by atoms with Crippen molar-refractivity contribution in [2.75, 3.05) is 6.54 Å². The summed E-state index contributed by atoms with van der Waals surface area (Å²) < 4.78 is 39.9. The summed E-state index contributed by atoms with van der Waals surface area (Å²) in [7, 11) is 0. The fourth-order valence-corrected chi connectivity index (χ4v) is 3.53. The van der Waals surface area contributed by atoms with Gasteiger partial charge in [0.2, 0.25) is 0 Å². The maximum Gasteiger partial charge on any atom is 0.416 e. The van der Waals surface area contributed by atoms with Crippen LogP contribution in [0.3, 0.4) is 0 Å². The number of pyridine rings is 1. The minimum Gasteiger partial charge on any atom is -0.508 e. The van der Waals surface area contributed by atoms with Crippen LogP contribution in [-0.4, -0.2) is 33.5 Å². The number of nitrogens with zero attached hydrogens (tertiary/aromatic N) is 2. The molecule has 9 heteroatoms. The molecule has 1 aliphatic heterocycles. The van der Waals surface area contributed by atoms with Crippen LogP contribution in [0.15, 0.2) is 48.9 Å². The Morgan fingerprint density at radius 1 is 1.37 bits per heavy atom. The van der Waals surface area contributed by atoms with Gasteiger partial charge in [-0.25, -0.2) is 0 Å². The number of phenolic OH excluding ortho intramolecular Hbond substituents is 1. The minimum absolute atomic E-state index is 0.0369. The molecule has 2 atom stereocenters. The predicted octanol–water partition coefficient (Wildman–Crippen LogP) is 4.61. The molecule has 0 bridgehead atoms. The van der Waals surface area contributed by atoms with Crippen LogP contribution in [0.4, 0.5) is 13.2 Å². The molecule has 0 aliphatic carbocycles. The number of halogens is 4. The molecule has 2 heterocycles. The van der Waals surface area contributed by atoms with E-state index < -0.39 is 17.5 Å². The van der Waals surface area contributed by atoms with Gasteiger partial charge < -0.3 is 15.3 Å². The maximum atomic E-state index is 13.3. The Morgan fingerprint density at radius 3 is 2.83 bits per heavy atom. The summed E-state index contributed by atoms with van der Waals surface area (Å²) in [6.07, 6.45) is 2.46. The van der Waals surface area contributed by atoms with Crippen LogP contribution >= 0.6 is 11.6 Å². The third-order valence-electron chi connectivity index (χ3n) is 5.08. The summed E-state index contributed by atoms with van der Waals surface area (Å²) in [4.78, 5) is 18.2. The second-order valence-electron chi connectivity index (χ2n) is 7.27. The predicted molar refractivity (Wildman–Crippen MR) is 107 cm³/mol. The number of hydrogen-bond donors (Lipinski definition) is 2. The SMILES string of the molecule is CC1CCN(Cc2ccc(O)cc2C(F)(F)F)C=CC1NC(=O)c1ccncc1Cl. The summed E-state index contributed by atoms with van der Waals surface area (Å²) >= 11 is 6.02. The maximum absolute atomic E-state index is 13.3. The topological polar surface area (TPSA) is 65.5 Å². The Morgan fingerprint density at radius 2 is 2.13 bits per heavy atom. The molecule has 160 valence electrons. The van der Waals surface area contributed by atoms with Gasteiger partial charge in [0.05, 0.1) is 22.2 Å². The zero-order valence-corrected chi connectivity index (χ0v) is 16.9. The number of aromatic nitrogens is 1. The number of carbonyl (C=O) groups is 1. The van der Waals surface area contributed by atoms with E-state index in [1.807, 2.05) is 6.92 Å². The van der Waals surface area contributed by atoms with E-state index in [9.17, 15) is 23.1 Å². The van der Waals surface area contributed by atoms with Gasteiger partial charge in [0.1, 0.15) is 5.75 Å². The van der Waals surface area contributed by atoms with Gasteiger partial charge in [0, 0.05) is 25.5 Å². The summed E-state index contributed by atoms with van der Waals surface area (Å²) in [5.41, 5.74) is -0.471. The van der Waals surface area contributed by atoms with E-state index in [1.165, 1.54) is 30.6 Å². The number of alkyl halides is 3. The van der Waals surface area contributed by atoms with Gasteiger partial charge in [-0.1, -0.05) is 24.6 Å². The monoisotopic (exact) mass is 439 g/mol. The molecule has 2 aromatic rings. The van der Waals surface area contributed by atoms with Gasteiger partial charge in [-0.3, -0.25) is 9.78 Å². The Kier molecular flexibility index (Phi) is 6.55. The number of carbonyl (C=O) groups excluding carboxylic acids is 1. The fourth-order valence-electron chi connectivity index (χ4n) is 3.32. The molecule has 1 aromatic carbocycles. The third-order valence-corrected chi connectivity index (χ3v) is 5.38. The first kappa shape index (κ1) is 22.0. The molecule has 0 radical (unpaired) electrons. The Bertz CT molecular complexity index is 949. The van der Waals surface area contributed by atoms with Crippen LogP contribution in [0.2, 0.25) is 5.02 Å². The van der Waals surface area contributed by atoms with E-state index in [0.29, 0.717) is 18.5 Å². The molecule has 0 spiro atoms. The van der Waals surface area contributed by atoms with Crippen molar-refractivity contribution in [1.82, 2.24) is 15.2 Å². The van der Waals surface area contributed by atoms with Crippen LogP contribution in [0.5, 0.6) is 5.75 Å². The van der Waals surface area contributed by atoms with Crippen LogP contribution in [0, 0.1) is 5.92 Å². The molecule has 0 saturated carbocycles. The van der Waals surface area contributed by atoms with E-state index >= 15 is 0 Å². The van der Waals surface area contributed by atoms with Gasteiger partial charge in [0.25, 0.3) is 5.91 Å². The lowest BCUT2D eigenvalue weighted by molar-refractivity contribution is -0.138. The van der Waals surface area contributed by atoms with Crippen LogP contribution < -0.4 is 5.32 Å². The van der Waals surface area contributed by atoms with Crippen molar-refractivity contribution in [2.24, 2.45) is 5.92 Å². The van der Waals surface area contributed by atoms with Crippen molar-refractivity contribution in [3.8, 4) is 5.75 Å². The average molecular weight is 440 g/mol. The van der Waals surface area contributed by atoms with Crippen molar-refractivity contribution in [2.45, 2.75) is 32.1 Å². The molecule has 2 unspecified atom stereocenters. The molecule has 0 saturated heterocycles. The summed E-state index contributed by atoms with van der Waals surface area (Å²) in [5.74, 6) is -0.698. The lowest BCUT2D eigenvalue weighted by Crippen LogP contribution is -2.38. The van der Waals surface area contributed by atoms with Gasteiger partial charge in [-0.2, -0.15) is 13.2 Å². The van der Waals surface area contributed by atoms with E-state index in [1.54, 1.807) is 17.2 Å². The minimum atomic E-state index is -4.56. The zero-order chi connectivity index (χ0) is 21.9. The van der Waals surface area contributed by atoms with E-state index in [2.05, 4.69) is 10.3 Å². The Labute approximate surface area is 177 Å². The average Bonchev–Trinajstić information content (AvgIpc) is 2.85. The van der Waals surface area contributed by atoms with E-state index in [4.69, 9.17) is 11.6 Å². The lowest BCUT2D eigenvalue weighted by Gasteiger charge is -2.23. The molecule has 1 amide bonds. The smallest absolute Gasteiger partial charge is 0.416 e. The van der Waals surface area contributed by atoms with Crippen molar-refractivity contribution >= 4 is 17.5 Å². The quantitative estimate of drug-likeness (QED) is 0.730. The van der Waals surface area contributed by atoms with Gasteiger partial charge in [0.15, 0.2) is 0 Å². The normalized spacial score (nSPS) is 19.4. The molecule has 3 rings (SSSR count). The number of aromatic hydroxyl groups is 1. The van der Waals surface area contributed by atoms with E-state index in [0.717, 1.165) is 6.07 Å². The second-order valence-corrected chi connectivity index (χ2v) is 7.68. The highest BCUT2D eigenvalue weighted by Gasteiger charge is 2.34. The second kappa shape index (κ2) is 8.95. The molecular weight excluding hydrogens is 419 g/mol. The van der Waals surface area contributed by atoms with Crippen LogP contribution in [0.1, 0.15) is 34.8 Å². The molecular formula is C21H21ClF3N3O2. The largest absolute Gasteiger partial charge is 0.508 e. The Hall–Kier alpha value is -2.74. The number of nitrogens with one attached hydrogen (secondary N) is 1. The standard InChI is InChI=1S/C21H21ClF3N3O2/c1-13-5-8-28(12-14-2-3-15(29)10-17(14)21(23,24)25)9-6-19(13)27-20(30)16-4-7-26-11-18(16)22/h2-4,6-7,9-11,13,19,29H,5,8,12H2,1H3,(H,27,30). The summed E-state index contributed by atoms with van der Waals surface area (Å²) in [5, 5.41) is 12.6. The highest BCUT2D eigenvalue weighted by atomic mass is 35.5. The Balaban J connectivity index is 1.74. The van der Waals surface area contributed by atoms with Gasteiger partial charge >= 0.3 is 6.18 Å². The van der Waals surface area contributed by atoms with Gasteiger partial charge in [-0.05, 0) is 48.4 Å². The highest BCUT2D eigenvalue weighted by molar-refractivity contribution is 6.33. The molecule has 0 fully saturated rings. The van der Waals surface area contributed by atoms with Crippen molar-refractivity contribution in [3.05, 3.63) is 70.6 Å². The van der Waals surface area contributed by atoms with E-state index in [-0.39, 0.29) is 35.0 Å². The molecule has 2 N–H and O–H groups in total. The molecule has 5 nitrogen and oxygen atoms in total. The van der Waals surface area contributed by atoms with Crippen molar-refractivity contribution in [3.63, 3.8) is 0 Å². The number of amides is 1.